The molecule has 1 N–H and O–H groups in total. The molecule has 1 aromatic heterocycles. The highest BCUT2D eigenvalue weighted by Crippen LogP contribution is 2.27. The van der Waals surface area contributed by atoms with E-state index in [1.165, 1.54) is 0 Å². The third-order valence-corrected chi connectivity index (χ3v) is 3.39. The van der Waals surface area contributed by atoms with Gasteiger partial charge in [0.25, 0.3) is 0 Å². The van der Waals surface area contributed by atoms with Crippen molar-refractivity contribution in [1.82, 2.24) is 15.5 Å². The molecule has 17 heavy (non-hydrogen) atoms. The van der Waals surface area contributed by atoms with Crippen LogP contribution in [0.5, 0.6) is 0 Å². The summed E-state index contributed by atoms with van der Waals surface area (Å²) in [5.74, 6) is 1.14. The van der Waals surface area contributed by atoms with E-state index in [9.17, 15) is 0 Å². The molecule has 0 aliphatic carbocycles. The number of aromatic nitrogens is 2. The fraction of sp³-hybridized carbons (Fsp3) is 0.273. The average molecular weight is 317 g/mol. The first-order valence-electron chi connectivity index (χ1n) is 5.19. The van der Waals surface area contributed by atoms with Crippen LogP contribution in [0, 0.1) is 0 Å². The lowest BCUT2D eigenvalue weighted by Crippen LogP contribution is -2.11. The summed E-state index contributed by atoms with van der Waals surface area (Å²) >= 11 is 9.28. The molecule has 0 bridgehead atoms. The average Bonchev–Trinajstić information content (AvgIpc) is 2.79. The maximum absolute atomic E-state index is 5.92. The van der Waals surface area contributed by atoms with Gasteiger partial charge < -0.3 is 9.84 Å². The molecule has 2 aromatic rings. The van der Waals surface area contributed by atoms with Crippen LogP contribution in [-0.4, -0.2) is 16.7 Å². The van der Waals surface area contributed by atoms with Crippen LogP contribution in [0.3, 0.4) is 0 Å². The summed E-state index contributed by atoms with van der Waals surface area (Å²) in [5.41, 5.74) is 0.868. The first kappa shape index (κ1) is 12.5. The summed E-state index contributed by atoms with van der Waals surface area (Å²) in [6.45, 7) is 3.47. The van der Waals surface area contributed by atoms with Gasteiger partial charge in [-0.1, -0.05) is 23.7 Å². The quantitative estimate of drug-likeness (QED) is 0.940. The summed E-state index contributed by atoms with van der Waals surface area (Å²) in [4.78, 5) is 4.28. The van der Waals surface area contributed by atoms with Crippen LogP contribution in [-0.2, 0) is 6.54 Å². The first-order chi connectivity index (χ1) is 8.20. The van der Waals surface area contributed by atoms with Crippen LogP contribution in [0.2, 0.25) is 5.02 Å². The minimum absolute atomic E-state index is 0.565. The molecule has 0 atom stereocenters. The van der Waals surface area contributed by atoms with Gasteiger partial charge in [0, 0.05) is 10.0 Å². The van der Waals surface area contributed by atoms with Gasteiger partial charge in [-0.25, -0.2) is 0 Å². The largest absolute Gasteiger partial charge is 0.338 e. The molecule has 0 saturated carbocycles. The van der Waals surface area contributed by atoms with Crippen molar-refractivity contribution < 1.29 is 4.52 Å². The molecule has 0 aliphatic rings. The number of benzene rings is 1. The Kier molecular flexibility index (Phi) is 4.15. The van der Waals surface area contributed by atoms with Crippen molar-refractivity contribution in [1.29, 1.82) is 0 Å². The van der Waals surface area contributed by atoms with Gasteiger partial charge in [-0.15, -0.1) is 0 Å². The molecule has 4 nitrogen and oxygen atoms in total. The Morgan fingerprint density at radius 3 is 3.00 bits per heavy atom. The predicted octanol–water partition coefficient (Wildman–Crippen LogP) is 3.26. The molecule has 1 aromatic carbocycles. The number of hydrogen-bond acceptors (Lipinski definition) is 4. The van der Waals surface area contributed by atoms with Crippen LogP contribution in [0.1, 0.15) is 12.8 Å². The SMILES string of the molecule is CCNCc1nc(-c2ccc(Cl)c(Br)c2)no1. The van der Waals surface area contributed by atoms with E-state index >= 15 is 0 Å². The fourth-order valence-electron chi connectivity index (χ4n) is 1.31. The van der Waals surface area contributed by atoms with E-state index in [2.05, 4.69) is 31.4 Å². The maximum Gasteiger partial charge on any atom is 0.240 e. The molecular formula is C11H11BrClN3O. The van der Waals surface area contributed by atoms with Crippen molar-refractivity contribution in [3.8, 4) is 11.4 Å². The summed E-state index contributed by atoms with van der Waals surface area (Å²) in [6, 6.07) is 5.51. The van der Waals surface area contributed by atoms with E-state index in [0.717, 1.165) is 16.6 Å². The molecule has 0 unspecified atom stereocenters. The van der Waals surface area contributed by atoms with Gasteiger partial charge in [-0.05, 0) is 40.7 Å². The van der Waals surface area contributed by atoms with Crippen molar-refractivity contribution in [2.24, 2.45) is 0 Å². The standard InChI is InChI=1S/C11H11BrClN3O/c1-2-14-6-10-15-11(16-17-10)7-3-4-9(13)8(12)5-7/h3-5,14H,2,6H2,1H3. The Labute approximate surface area is 112 Å². The Balaban J connectivity index is 2.21. The van der Waals surface area contributed by atoms with Gasteiger partial charge in [-0.3, -0.25) is 0 Å². The van der Waals surface area contributed by atoms with Gasteiger partial charge in [-0.2, -0.15) is 4.98 Å². The van der Waals surface area contributed by atoms with Crippen LogP contribution >= 0.6 is 27.5 Å². The van der Waals surface area contributed by atoms with Gasteiger partial charge in [0.15, 0.2) is 0 Å². The monoisotopic (exact) mass is 315 g/mol. The van der Waals surface area contributed by atoms with Crippen molar-refractivity contribution in [3.05, 3.63) is 33.6 Å². The van der Waals surface area contributed by atoms with Crippen molar-refractivity contribution in [3.63, 3.8) is 0 Å². The molecule has 2 rings (SSSR count). The second-order valence-corrected chi connectivity index (χ2v) is 4.68. The zero-order valence-corrected chi connectivity index (χ0v) is 11.5. The Bertz CT molecular complexity index is 515. The fourth-order valence-corrected chi connectivity index (χ4v) is 1.81. The second kappa shape index (κ2) is 5.62. The number of nitrogens with one attached hydrogen (secondary N) is 1. The van der Waals surface area contributed by atoms with Crippen molar-refractivity contribution in [2.45, 2.75) is 13.5 Å². The summed E-state index contributed by atoms with van der Waals surface area (Å²) < 4.78 is 5.93. The molecule has 0 spiro atoms. The topological polar surface area (TPSA) is 51.0 Å². The number of nitrogens with zero attached hydrogens (tertiary/aromatic N) is 2. The molecule has 6 heteroatoms. The highest BCUT2D eigenvalue weighted by atomic mass is 79.9. The smallest absolute Gasteiger partial charge is 0.240 e. The van der Waals surface area contributed by atoms with Crippen LogP contribution in [0.15, 0.2) is 27.2 Å². The molecule has 0 saturated heterocycles. The van der Waals surface area contributed by atoms with Gasteiger partial charge in [0.1, 0.15) is 0 Å². The van der Waals surface area contributed by atoms with E-state index in [-0.39, 0.29) is 0 Å². The molecule has 0 amide bonds. The maximum atomic E-state index is 5.92. The molecular weight excluding hydrogens is 305 g/mol. The van der Waals surface area contributed by atoms with Crippen molar-refractivity contribution >= 4 is 27.5 Å². The van der Waals surface area contributed by atoms with E-state index < -0.39 is 0 Å². The van der Waals surface area contributed by atoms with Crippen LogP contribution in [0.4, 0.5) is 0 Å². The lowest BCUT2D eigenvalue weighted by atomic mass is 10.2. The lowest BCUT2D eigenvalue weighted by molar-refractivity contribution is 0.369. The minimum Gasteiger partial charge on any atom is -0.338 e. The summed E-state index contributed by atoms with van der Waals surface area (Å²) in [5, 5.41) is 7.70. The second-order valence-electron chi connectivity index (χ2n) is 3.42. The van der Waals surface area contributed by atoms with Gasteiger partial charge in [0.05, 0.1) is 11.6 Å². The highest BCUT2D eigenvalue weighted by molar-refractivity contribution is 9.10. The van der Waals surface area contributed by atoms with Gasteiger partial charge >= 0.3 is 0 Å². The van der Waals surface area contributed by atoms with Crippen LogP contribution < -0.4 is 5.32 Å². The minimum atomic E-state index is 0.565. The lowest BCUT2D eigenvalue weighted by Gasteiger charge is -1.97. The zero-order valence-electron chi connectivity index (χ0n) is 9.20. The Hall–Kier alpha value is -0.910. The zero-order chi connectivity index (χ0) is 12.3. The number of hydrogen-bond donors (Lipinski definition) is 1. The third-order valence-electron chi connectivity index (χ3n) is 2.17. The Morgan fingerprint density at radius 2 is 2.29 bits per heavy atom. The van der Waals surface area contributed by atoms with E-state index in [1.807, 2.05) is 19.1 Å². The highest BCUT2D eigenvalue weighted by Gasteiger charge is 2.09. The van der Waals surface area contributed by atoms with E-state index in [0.29, 0.717) is 23.3 Å². The first-order valence-corrected chi connectivity index (χ1v) is 6.36. The number of halogens is 2. The molecule has 0 radical (unpaired) electrons. The Morgan fingerprint density at radius 1 is 1.47 bits per heavy atom. The predicted molar refractivity (Wildman–Crippen MR) is 69.8 cm³/mol. The summed E-state index contributed by atoms with van der Waals surface area (Å²) in [6.07, 6.45) is 0. The normalized spacial score (nSPS) is 10.8. The molecule has 1 heterocycles. The van der Waals surface area contributed by atoms with Crippen LogP contribution in [0.25, 0.3) is 11.4 Å². The van der Waals surface area contributed by atoms with E-state index in [1.54, 1.807) is 6.07 Å². The van der Waals surface area contributed by atoms with Crippen molar-refractivity contribution in [2.75, 3.05) is 6.54 Å². The van der Waals surface area contributed by atoms with Gasteiger partial charge in [0.2, 0.25) is 11.7 Å². The third kappa shape index (κ3) is 3.06. The molecule has 0 fully saturated rings. The summed E-state index contributed by atoms with van der Waals surface area (Å²) in [7, 11) is 0. The number of rotatable bonds is 4. The molecule has 0 aliphatic heterocycles. The molecule has 90 valence electrons. The van der Waals surface area contributed by atoms with E-state index in [4.69, 9.17) is 16.1 Å².